The van der Waals surface area contributed by atoms with Gasteiger partial charge in [0.15, 0.2) is 0 Å². The summed E-state index contributed by atoms with van der Waals surface area (Å²) in [5.74, 6) is 0.405. The summed E-state index contributed by atoms with van der Waals surface area (Å²) >= 11 is 0. The SMILES string of the molecule is NC(=NC(Nn1c2ccccc2c2ccccc21)n1c2ccccc2c2ccccc21)n1c2ccccc2c2ccccc21. The predicted molar refractivity (Wildman–Crippen MR) is 184 cm³/mol. The van der Waals surface area contributed by atoms with E-state index in [1.54, 1.807) is 0 Å². The van der Waals surface area contributed by atoms with Crippen LogP contribution in [0.1, 0.15) is 6.29 Å². The fourth-order valence-corrected chi connectivity index (χ4v) is 6.89. The molecule has 0 fully saturated rings. The summed E-state index contributed by atoms with van der Waals surface area (Å²) in [7, 11) is 0. The Bertz CT molecular complexity index is 2400. The predicted octanol–water partition coefficient (Wildman–Crippen LogP) is 8.57. The minimum Gasteiger partial charge on any atom is -0.369 e. The number of benzene rings is 6. The molecule has 3 N–H and O–H groups in total. The second-order valence-corrected chi connectivity index (χ2v) is 11.1. The normalized spacial score (nSPS) is 13.1. The summed E-state index contributed by atoms with van der Waals surface area (Å²) in [6.07, 6.45) is -0.584. The van der Waals surface area contributed by atoms with E-state index in [-0.39, 0.29) is 0 Å². The van der Waals surface area contributed by atoms with Crippen LogP contribution in [0.3, 0.4) is 0 Å². The number of rotatable bonds is 4. The molecule has 0 saturated heterocycles. The van der Waals surface area contributed by atoms with Crippen molar-refractivity contribution < 1.29 is 0 Å². The Labute approximate surface area is 252 Å². The zero-order chi connectivity index (χ0) is 29.2. The smallest absolute Gasteiger partial charge is 0.218 e. The summed E-state index contributed by atoms with van der Waals surface area (Å²) in [5.41, 5.74) is 17.2. The van der Waals surface area contributed by atoms with Crippen LogP contribution >= 0.6 is 0 Å². The average Bonchev–Trinajstić information content (AvgIpc) is 3.71. The maximum absolute atomic E-state index is 7.07. The highest BCUT2D eigenvalue weighted by molar-refractivity contribution is 6.14. The fourth-order valence-electron chi connectivity index (χ4n) is 6.89. The lowest BCUT2D eigenvalue weighted by Gasteiger charge is -2.23. The van der Waals surface area contributed by atoms with Crippen molar-refractivity contribution in [1.29, 1.82) is 0 Å². The van der Waals surface area contributed by atoms with Crippen LogP contribution in [0.25, 0.3) is 65.4 Å². The molecule has 6 heteroatoms. The fraction of sp³-hybridized carbons (Fsp3) is 0.0263. The van der Waals surface area contributed by atoms with Gasteiger partial charge in [0.05, 0.1) is 33.1 Å². The molecule has 0 spiro atoms. The van der Waals surface area contributed by atoms with Crippen molar-refractivity contribution in [2.24, 2.45) is 10.7 Å². The lowest BCUT2D eigenvalue weighted by atomic mass is 10.2. The van der Waals surface area contributed by atoms with Gasteiger partial charge in [-0.3, -0.25) is 19.2 Å². The topological polar surface area (TPSA) is 65.2 Å². The number of hydrogen-bond acceptors (Lipinski definition) is 2. The third kappa shape index (κ3) is 3.51. The van der Waals surface area contributed by atoms with E-state index in [9.17, 15) is 0 Å². The van der Waals surface area contributed by atoms with Gasteiger partial charge in [-0.05, 0) is 36.4 Å². The van der Waals surface area contributed by atoms with Gasteiger partial charge in [-0.25, -0.2) is 4.99 Å². The molecule has 3 heterocycles. The summed E-state index contributed by atoms with van der Waals surface area (Å²) < 4.78 is 6.48. The molecule has 1 unspecified atom stereocenters. The van der Waals surface area contributed by atoms with E-state index >= 15 is 0 Å². The molecule has 1 atom stereocenters. The number of fused-ring (bicyclic) bond motifs is 9. The lowest BCUT2D eigenvalue weighted by molar-refractivity contribution is 0.569. The first-order chi connectivity index (χ1) is 21.8. The first-order valence-corrected chi connectivity index (χ1v) is 14.8. The van der Waals surface area contributed by atoms with E-state index in [1.807, 2.05) is 12.1 Å². The second-order valence-electron chi connectivity index (χ2n) is 11.1. The van der Waals surface area contributed by atoms with Crippen molar-refractivity contribution in [3.05, 3.63) is 146 Å². The molecule has 0 saturated carbocycles. The minimum atomic E-state index is -0.584. The van der Waals surface area contributed by atoms with E-state index < -0.39 is 6.29 Å². The molecule has 0 aliphatic rings. The van der Waals surface area contributed by atoms with Crippen LogP contribution in [0.4, 0.5) is 0 Å². The van der Waals surface area contributed by atoms with Crippen molar-refractivity contribution >= 4 is 71.4 Å². The summed E-state index contributed by atoms with van der Waals surface area (Å²) in [5, 5.41) is 6.98. The average molecular weight is 569 g/mol. The van der Waals surface area contributed by atoms with E-state index in [4.69, 9.17) is 10.7 Å². The van der Waals surface area contributed by atoms with Crippen molar-refractivity contribution in [3.8, 4) is 0 Å². The highest BCUT2D eigenvalue weighted by atomic mass is 15.5. The number of nitrogens with one attached hydrogen (secondary N) is 1. The Morgan fingerprint density at radius 1 is 0.455 bits per heavy atom. The first kappa shape index (κ1) is 24.6. The zero-order valence-corrected chi connectivity index (χ0v) is 23.8. The molecule has 0 radical (unpaired) electrons. The van der Waals surface area contributed by atoms with E-state index in [0.29, 0.717) is 5.96 Å². The number of nitrogens with zero attached hydrogens (tertiary/aromatic N) is 4. The van der Waals surface area contributed by atoms with E-state index in [0.717, 1.165) is 43.9 Å². The van der Waals surface area contributed by atoms with Crippen LogP contribution in [-0.2, 0) is 0 Å². The highest BCUT2D eigenvalue weighted by Crippen LogP contribution is 2.34. The van der Waals surface area contributed by atoms with Gasteiger partial charge in [0, 0.05) is 32.3 Å². The quantitative estimate of drug-likeness (QED) is 0.165. The lowest BCUT2D eigenvalue weighted by Crippen LogP contribution is -2.30. The maximum atomic E-state index is 7.07. The van der Waals surface area contributed by atoms with Crippen LogP contribution in [0, 0.1) is 0 Å². The van der Waals surface area contributed by atoms with Gasteiger partial charge in [-0.2, -0.15) is 0 Å². The monoisotopic (exact) mass is 568 g/mol. The van der Waals surface area contributed by atoms with Gasteiger partial charge in [0.2, 0.25) is 12.2 Å². The number of aliphatic imine (C=N–C) groups is 1. The summed E-state index contributed by atoms with van der Waals surface area (Å²) in [6, 6.07) is 50.6. The second kappa shape index (κ2) is 9.51. The molecule has 6 nitrogen and oxygen atoms in total. The van der Waals surface area contributed by atoms with Gasteiger partial charge >= 0.3 is 0 Å². The first-order valence-electron chi connectivity index (χ1n) is 14.8. The van der Waals surface area contributed by atoms with Crippen molar-refractivity contribution in [1.82, 2.24) is 13.8 Å². The number of aromatic nitrogens is 3. The standard InChI is InChI=1S/C38H28N6/c39-37(42-31-19-7-1-13-25(31)26-14-2-8-20-32(26)42)40-38(43-33-21-9-3-15-27(33)28-16-4-10-22-34(28)43)41-44-35-23-11-5-17-29(35)30-18-6-12-24-36(30)44/h1-24,38,41H,(H2,39,40). The van der Waals surface area contributed by atoms with Gasteiger partial charge < -0.3 is 5.73 Å². The van der Waals surface area contributed by atoms with Crippen LogP contribution in [0.2, 0.25) is 0 Å². The minimum absolute atomic E-state index is 0.405. The van der Waals surface area contributed by atoms with Crippen molar-refractivity contribution in [2.45, 2.75) is 6.29 Å². The Morgan fingerprint density at radius 3 is 1.20 bits per heavy atom. The van der Waals surface area contributed by atoms with E-state index in [1.165, 1.54) is 21.5 Å². The molecule has 9 rings (SSSR count). The molecular formula is C38H28N6. The highest BCUT2D eigenvalue weighted by Gasteiger charge is 2.22. The molecule has 0 amide bonds. The van der Waals surface area contributed by atoms with Crippen LogP contribution in [0.5, 0.6) is 0 Å². The molecule has 3 aromatic heterocycles. The van der Waals surface area contributed by atoms with Gasteiger partial charge in [0.25, 0.3) is 0 Å². The van der Waals surface area contributed by atoms with E-state index in [2.05, 4.69) is 153 Å². The molecule has 0 aliphatic heterocycles. The molecule has 210 valence electrons. The summed E-state index contributed by atoms with van der Waals surface area (Å²) in [4.78, 5) is 5.34. The molecule has 44 heavy (non-hydrogen) atoms. The Balaban J connectivity index is 1.34. The largest absolute Gasteiger partial charge is 0.369 e. The number of hydrogen-bond donors (Lipinski definition) is 2. The molecular weight excluding hydrogens is 540 g/mol. The molecule has 6 aromatic carbocycles. The Morgan fingerprint density at radius 2 is 0.773 bits per heavy atom. The van der Waals surface area contributed by atoms with Crippen LogP contribution in [0.15, 0.2) is 151 Å². The van der Waals surface area contributed by atoms with Crippen LogP contribution in [-0.4, -0.2) is 19.8 Å². The van der Waals surface area contributed by atoms with Gasteiger partial charge in [-0.1, -0.05) is 109 Å². The third-order valence-electron chi connectivity index (χ3n) is 8.75. The third-order valence-corrected chi connectivity index (χ3v) is 8.75. The van der Waals surface area contributed by atoms with Crippen molar-refractivity contribution in [2.75, 3.05) is 5.43 Å². The number of para-hydroxylation sites is 6. The molecule has 9 aromatic rings. The van der Waals surface area contributed by atoms with Crippen LogP contribution < -0.4 is 11.2 Å². The Hall–Kier alpha value is -6.01. The van der Waals surface area contributed by atoms with Gasteiger partial charge in [-0.15, -0.1) is 0 Å². The number of nitrogens with two attached hydrogens (primary N) is 1. The Kier molecular flexibility index (Phi) is 5.31. The zero-order valence-electron chi connectivity index (χ0n) is 23.8. The summed E-state index contributed by atoms with van der Waals surface area (Å²) in [6.45, 7) is 0. The molecule has 0 bridgehead atoms. The van der Waals surface area contributed by atoms with Gasteiger partial charge in [0.1, 0.15) is 0 Å². The van der Waals surface area contributed by atoms with Crippen molar-refractivity contribution in [3.63, 3.8) is 0 Å². The molecule has 0 aliphatic carbocycles. The maximum Gasteiger partial charge on any atom is 0.218 e.